The number of fused-ring (bicyclic) bond motifs is 1. The summed E-state index contributed by atoms with van der Waals surface area (Å²) in [5.74, 6) is -1.74. The topological polar surface area (TPSA) is 84.5 Å². The number of nitrogens with one attached hydrogen (secondary N) is 2. The van der Waals surface area contributed by atoms with Crippen LogP contribution in [0.3, 0.4) is 0 Å². The van der Waals surface area contributed by atoms with Crippen molar-refractivity contribution in [3.8, 4) is 0 Å². The molecular weight excluding hydrogens is 423 g/mol. The van der Waals surface area contributed by atoms with Gasteiger partial charge in [-0.05, 0) is 24.3 Å². The van der Waals surface area contributed by atoms with E-state index < -0.39 is 24.4 Å². The van der Waals surface area contributed by atoms with Crippen molar-refractivity contribution < 1.29 is 19.1 Å². The molecule has 0 spiro atoms. The molecule has 0 aliphatic carbocycles. The maximum absolute atomic E-state index is 12.3. The number of amides is 2. The maximum atomic E-state index is 12.3. The second-order valence-electron chi connectivity index (χ2n) is 5.64. The summed E-state index contributed by atoms with van der Waals surface area (Å²) in [6, 6.07) is 13.9. The number of benzene rings is 2. The van der Waals surface area contributed by atoms with E-state index in [1.165, 1.54) is 11.3 Å². The summed E-state index contributed by atoms with van der Waals surface area (Å²) in [7, 11) is 0. The SMILES string of the molecule is O=C(COC(=O)CNC(=O)c1sc2ccccc2c1Cl)Nc1cccc(Cl)c1. The molecule has 0 aliphatic rings. The van der Waals surface area contributed by atoms with Crippen molar-refractivity contribution in [3.63, 3.8) is 0 Å². The summed E-state index contributed by atoms with van der Waals surface area (Å²) < 4.78 is 5.73. The highest BCUT2D eigenvalue weighted by atomic mass is 35.5. The molecule has 0 bridgehead atoms. The van der Waals surface area contributed by atoms with Crippen molar-refractivity contribution in [3.05, 3.63) is 63.5 Å². The number of carbonyl (C=O) groups is 3. The number of ether oxygens (including phenoxy) is 1. The second-order valence-corrected chi connectivity index (χ2v) is 7.51. The molecule has 1 heterocycles. The first kappa shape index (κ1) is 20.1. The Morgan fingerprint density at radius 1 is 1.04 bits per heavy atom. The lowest BCUT2D eigenvalue weighted by molar-refractivity contribution is -0.146. The third-order valence-corrected chi connectivity index (χ3v) is 5.52. The average molecular weight is 437 g/mol. The highest BCUT2D eigenvalue weighted by molar-refractivity contribution is 7.21. The number of anilines is 1. The molecule has 0 unspecified atom stereocenters. The van der Waals surface area contributed by atoms with Crippen molar-refractivity contribution in [2.45, 2.75) is 0 Å². The zero-order chi connectivity index (χ0) is 20.1. The smallest absolute Gasteiger partial charge is 0.325 e. The van der Waals surface area contributed by atoms with Crippen LogP contribution in [0.1, 0.15) is 9.67 Å². The molecule has 28 heavy (non-hydrogen) atoms. The molecule has 2 amide bonds. The third kappa shape index (κ3) is 5.01. The minimum atomic E-state index is -0.744. The predicted octanol–water partition coefficient (Wildman–Crippen LogP) is 4.12. The van der Waals surface area contributed by atoms with E-state index in [-0.39, 0.29) is 6.54 Å². The molecule has 0 fully saturated rings. The monoisotopic (exact) mass is 436 g/mol. The fourth-order valence-corrected chi connectivity index (χ4v) is 3.98. The molecule has 3 rings (SSSR count). The molecule has 1 aromatic heterocycles. The van der Waals surface area contributed by atoms with Gasteiger partial charge in [0.1, 0.15) is 11.4 Å². The predicted molar refractivity (Wildman–Crippen MR) is 110 cm³/mol. The van der Waals surface area contributed by atoms with Gasteiger partial charge in [0.15, 0.2) is 6.61 Å². The summed E-state index contributed by atoms with van der Waals surface area (Å²) in [5, 5.41) is 6.58. The zero-order valence-corrected chi connectivity index (χ0v) is 16.7. The molecule has 6 nitrogen and oxygen atoms in total. The molecule has 0 saturated carbocycles. The van der Waals surface area contributed by atoms with E-state index in [0.717, 1.165) is 10.1 Å². The van der Waals surface area contributed by atoms with Crippen LogP contribution in [-0.2, 0) is 14.3 Å². The normalized spacial score (nSPS) is 10.5. The minimum Gasteiger partial charge on any atom is -0.454 e. The number of thiophene rings is 1. The van der Waals surface area contributed by atoms with E-state index in [9.17, 15) is 14.4 Å². The first-order valence-corrected chi connectivity index (χ1v) is 9.67. The lowest BCUT2D eigenvalue weighted by Gasteiger charge is -2.07. The molecule has 0 aliphatic heterocycles. The summed E-state index contributed by atoms with van der Waals surface area (Å²) in [6.07, 6.45) is 0. The van der Waals surface area contributed by atoms with Crippen LogP contribution in [0.2, 0.25) is 10.0 Å². The zero-order valence-electron chi connectivity index (χ0n) is 14.3. The van der Waals surface area contributed by atoms with Crippen LogP contribution in [-0.4, -0.2) is 30.9 Å². The van der Waals surface area contributed by atoms with Gasteiger partial charge in [0.2, 0.25) is 0 Å². The number of halogens is 2. The average Bonchev–Trinajstić information content (AvgIpc) is 3.01. The molecule has 2 aromatic carbocycles. The Morgan fingerprint density at radius 2 is 1.82 bits per heavy atom. The van der Waals surface area contributed by atoms with Gasteiger partial charge < -0.3 is 15.4 Å². The highest BCUT2D eigenvalue weighted by Gasteiger charge is 2.18. The van der Waals surface area contributed by atoms with Gasteiger partial charge in [-0.1, -0.05) is 47.5 Å². The lowest BCUT2D eigenvalue weighted by atomic mass is 10.2. The van der Waals surface area contributed by atoms with Crippen LogP contribution < -0.4 is 10.6 Å². The van der Waals surface area contributed by atoms with Gasteiger partial charge in [-0.2, -0.15) is 0 Å². The first-order chi connectivity index (χ1) is 13.4. The van der Waals surface area contributed by atoms with Crippen molar-refractivity contribution >= 4 is 68.1 Å². The van der Waals surface area contributed by atoms with Crippen LogP contribution in [0.4, 0.5) is 5.69 Å². The van der Waals surface area contributed by atoms with E-state index in [4.69, 9.17) is 27.9 Å². The van der Waals surface area contributed by atoms with Gasteiger partial charge in [0.05, 0.1) is 5.02 Å². The quantitative estimate of drug-likeness (QED) is 0.569. The Kier molecular flexibility index (Phi) is 6.51. The van der Waals surface area contributed by atoms with Crippen molar-refractivity contribution in [1.82, 2.24) is 5.32 Å². The van der Waals surface area contributed by atoms with Crippen LogP contribution in [0.15, 0.2) is 48.5 Å². The summed E-state index contributed by atoms with van der Waals surface area (Å²) in [5.41, 5.74) is 0.487. The molecule has 9 heteroatoms. The maximum Gasteiger partial charge on any atom is 0.325 e. The van der Waals surface area contributed by atoms with Gasteiger partial charge in [0.25, 0.3) is 11.8 Å². The number of rotatable bonds is 6. The van der Waals surface area contributed by atoms with Crippen molar-refractivity contribution in [2.24, 2.45) is 0 Å². The van der Waals surface area contributed by atoms with Gasteiger partial charge in [0, 0.05) is 20.8 Å². The van der Waals surface area contributed by atoms with Gasteiger partial charge in [-0.15, -0.1) is 11.3 Å². The van der Waals surface area contributed by atoms with Gasteiger partial charge in [-0.25, -0.2) is 0 Å². The summed E-state index contributed by atoms with van der Waals surface area (Å²) in [6.45, 7) is -0.862. The number of hydrogen-bond donors (Lipinski definition) is 2. The summed E-state index contributed by atoms with van der Waals surface area (Å²) >= 11 is 13.3. The van der Waals surface area contributed by atoms with Crippen LogP contribution in [0.5, 0.6) is 0 Å². The fraction of sp³-hybridized carbons (Fsp3) is 0.105. The number of carbonyl (C=O) groups excluding carboxylic acids is 3. The van der Waals surface area contributed by atoms with Gasteiger partial charge >= 0.3 is 5.97 Å². The Labute approximate surface area is 174 Å². The standard InChI is InChI=1S/C19H14Cl2N2O4S/c20-11-4-3-5-12(8-11)23-15(24)10-27-16(25)9-22-19(26)18-17(21)13-6-1-2-7-14(13)28-18/h1-8H,9-10H2,(H,22,26)(H,23,24). The van der Waals surface area contributed by atoms with Crippen molar-refractivity contribution in [1.29, 1.82) is 0 Å². The molecule has 0 atom stereocenters. The third-order valence-electron chi connectivity index (χ3n) is 3.61. The van der Waals surface area contributed by atoms with E-state index >= 15 is 0 Å². The van der Waals surface area contributed by atoms with E-state index in [1.807, 2.05) is 24.3 Å². The minimum absolute atomic E-state index is 0.314. The van der Waals surface area contributed by atoms with Crippen molar-refractivity contribution in [2.75, 3.05) is 18.5 Å². The number of esters is 1. The van der Waals surface area contributed by atoms with Crippen LogP contribution in [0.25, 0.3) is 10.1 Å². The van der Waals surface area contributed by atoms with Crippen LogP contribution in [0, 0.1) is 0 Å². The first-order valence-electron chi connectivity index (χ1n) is 8.10. The number of hydrogen-bond acceptors (Lipinski definition) is 5. The molecule has 144 valence electrons. The Bertz CT molecular complexity index is 1050. The van der Waals surface area contributed by atoms with Gasteiger partial charge in [-0.3, -0.25) is 14.4 Å². The Balaban J connectivity index is 1.47. The molecular formula is C19H14Cl2N2O4S. The second kappa shape index (κ2) is 9.05. The Morgan fingerprint density at radius 3 is 2.57 bits per heavy atom. The molecule has 3 aromatic rings. The van der Waals surface area contributed by atoms with E-state index in [0.29, 0.717) is 20.6 Å². The fourth-order valence-electron chi connectivity index (χ4n) is 2.35. The lowest BCUT2D eigenvalue weighted by Crippen LogP contribution is -2.32. The molecule has 0 radical (unpaired) electrons. The summed E-state index contributed by atoms with van der Waals surface area (Å²) in [4.78, 5) is 36.2. The van der Waals surface area contributed by atoms with E-state index in [1.54, 1.807) is 24.3 Å². The Hall–Kier alpha value is -2.61. The largest absolute Gasteiger partial charge is 0.454 e. The van der Waals surface area contributed by atoms with Crippen LogP contribution >= 0.6 is 34.5 Å². The highest BCUT2D eigenvalue weighted by Crippen LogP contribution is 2.34. The van der Waals surface area contributed by atoms with E-state index in [2.05, 4.69) is 10.6 Å². The molecule has 2 N–H and O–H groups in total. The molecule has 0 saturated heterocycles.